The summed E-state index contributed by atoms with van der Waals surface area (Å²) >= 11 is 0. The van der Waals surface area contributed by atoms with Crippen LogP contribution in [0.5, 0.6) is 11.5 Å². The van der Waals surface area contributed by atoms with Gasteiger partial charge in [0.25, 0.3) is 5.91 Å². The quantitative estimate of drug-likeness (QED) is 0.804. The van der Waals surface area contributed by atoms with Crippen molar-refractivity contribution in [2.24, 2.45) is 5.73 Å². The van der Waals surface area contributed by atoms with Crippen LogP contribution in [0.25, 0.3) is 0 Å². The molecule has 21 heavy (non-hydrogen) atoms. The van der Waals surface area contributed by atoms with Crippen LogP contribution in [-0.2, 0) is 4.79 Å². The second-order valence-corrected chi connectivity index (χ2v) is 5.41. The molecule has 0 atom stereocenters. The number of hydrogen-bond donors (Lipinski definition) is 2. The Balaban J connectivity index is 1.89. The van der Waals surface area contributed by atoms with Gasteiger partial charge in [0.05, 0.1) is 12.1 Å². The van der Waals surface area contributed by atoms with Gasteiger partial charge in [-0.2, -0.15) is 0 Å². The van der Waals surface area contributed by atoms with Crippen LogP contribution in [0.2, 0.25) is 0 Å². The molecule has 0 bridgehead atoms. The van der Waals surface area contributed by atoms with Crippen molar-refractivity contribution in [3.05, 3.63) is 24.3 Å². The minimum Gasteiger partial charge on any atom is -0.490 e. The third-order valence-corrected chi connectivity index (χ3v) is 3.86. The SMILES string of the molecule is CCOc1ccccc1OCC(=O)NC1(CN)CCCC1. The van der Waals surface area contributed by atoms with Gasteiger partial charge >= 0.3 is 0 Å². The summed E-state index contributed by atoms with van der Waals surface area (Å²) in [7, 11) is 0. The molecular formula is C16H24N2O3. The molecule has 0 heterocycles. The lowest BCUT2D eigenvalue weighted by atomic mass is 9.98. The maximum Gasteiger partial charge on any atom is 0.258 e. The second kappa shape index (κ2) is 7.31. The monoisotopic (exact) mass is 292 g/mol. The number of rotatable bonds is 7. The molecule has 5 heteroatoms. The summed E-state index contributed by atoms with van der Waals surface area (Å²) in [6, 6.07) is 7.36. The van der Waals surface area contributed by atoms with E-state index >= 15 is 0 Å². The van der Waals surface area contributed by atoms with E-state index in [1.165, 1.54) is 0 Å². The maximum absolute atomic E-state index is 12.1. The number of hydrogen-bond acceptors (Lipinski definition) is 4. The number of benzene rings is 1. The lowest BCUT2D eigenvalue weighted by Gasteiger charge is -2.28. The van der Waals surface area contributed by atoms with Crippen molar-refractivity contribution >= 4 is 5.91 Å². The Hall–Kier alpha value is -1.75. The fourth-order valence-corrected chi connectivity index (χ4v) is 2.75. The van der Waals surface area contributed by atoms with Crippen molar-refractivity contribution in [2.75, 3.05) is 19.8 Å². The summed E-state index contributed by atoms with van der Waals surface area (Å²) in [5, 5.41) is 3.03. The van der Waals surface area contributed by atoms with Gasteiger partial charge in [-0.25, -0.2) is 0 Å². The molecule has 2 rings (SSSR count). The number of carbonyl (C=O) groups excluding carboxylic acids is 1. The Kier molecular flexibility index (Phi) is 5.44. The van der Waals surface area contributed by atoms with E-state index in [2.05, 4.69) is 5.32 Å². The summed E-state index contributed by atoms with van der Waals surface area (Å²) in [5.41, 5.74) is 5.58. The lowest BCUT2D eigenvalue weighted by Crippen LogP contribution is -2.52. The van der Waals surface area contributed by atoms with Crippen LogP contribution in [0, 0.1) is 0 Å². The highest BCUT2D eigenvalue weighted by Crippen LogP contribution is 2.29. The van der Waals surface area contributed by atoms with E-state index in [0.717, 1.165) is 25.7 Å². The van der Waals surface area contributed by atoms with E-state index in [1.807, 2.05) is 25.1 Å². The molecule has 1 fully saturated rings. The number of carbonyl (C=O) groups is 1. The number of para-hydroxylation sites is 2. The predicted molar refractivity (Wildman–Crippen MR) is 81.5 cm³/mol. The lowest BCUT2D eigenvalue weighted by molar-refractivity contribution is -0.124. The molecule has 5 nitrogen and oxygen atoms in total. The van der Waals surface area contributed by atoms with Crippen molar-refractivity contribution in [2.45, 2.75) is 38.1 Å². The summed E-state index contributed by atoms with van der Waals surface area (Å²) in [6.07, 6.45) is 4.13. The zero-order valence-electron chi connectivity index (χ0n) is 12.6. The normalized spacial score (nSPS) is 16.5. The molecule has 1 aromatic rings. The first-order valence-corrected chi connectivity index (χ1v) is 7.55. The van der Waals surface area contributed by atoms with Gasteiger partial charge in [-0.3, -0.25) is 4.79 Å². The summed E-state index contributed by atoms with van der Waals surface area (Å²) in [4.78, 5) is 12.1. The highest BCUT2D eigenvalue weighted by molar-refractivity contribution is 5.78. The van der Waals surface area contributed by atoms with Crippen molar-refractivity contribution < 1.29 is 14.3 Å². The molecule has 116 valence electrons. The zero-order valence-corrected chi connectivity index (χ0v) is 12.6. The molecule has 0 spiro atoms. The molecule has 1 saturated carbocycles. The third kappa shape index (κ3) is 4.11. The molecule has 3 N–H and O–H groups in total. The fourth-order valence-electron chi connectivity index (χ4n) is 2.75. The molecule has 0 aliphatic heterocycles. The minimum atomic E-state index is -0.236. The second-order valence-electron chi connectivity index (χ2n) is 5.41. The summed E-state index contributed by atoms with van der Waals surface area (Å²) in [6.45, 7) is 2.93. The zero-order chi connectivity index (χ0) is 15.1. The number of ether oxygens (including phenoxy) is 2. The van der Waals surface area contributed by atoms with Crippen molar-refractivity contribution in [1.82, 2.24) is 5.32 Å². The third-order valence-electron chi connectivity index (χ3n) is 3.86. The highest BCUT2D eigenvalue weighted by Gasteiger charge is 2.33. The maximum atomic E-state index is 12.1. The van der Waals surface area contributed by atoms with Gasteiger partial charge in [0.2, 0.25) is 0 Å². The molecule has 0 radical (unpaired) electrons. The van der Waals surface area contributed by atoms with Crippen molar-refractivity contribution in [3.63, 3.8) is 0 Å². The van der Waals surface area contributed by atoms with Crippen LogP contribution in [0.1, 0.15) is 32.6 Å². The first-order chi connectivity index (χ1) is 10.2. The molecule has 0 aromatic heterocycles. The van der Waals surface area contributed by atoms with E-state index in [-0.39, 0.29) is 18.1 Å². The van der Waals surface area contributed by atoms with E-state index in [4.69, 9.17) is 15.2 Å². The first-order valence-electron chi connectivity index (χ1n) is 7.55. The number of amides is 1. The van der Waals surface area contributed by atoms with Gasteiger partial charge in [-0.1, -0.05) is 25.0 Å². The average molecular weight is 292 g/mol. The Morgan fingerprint density at radius 3 is 2.43 bits per heavy atom. The predicted octanol–water partition coefficient (Wildman–Crippen LogP) is 1.85. The van der Waals surface area contributed by atoms with Gasteiger partial charge in [-0.05, 0) is 31.9 Å². The summed E-state index contributed by atoms with van der Waals surface area (Å²) < 4.78 is 11.0. The molecule has 1 amide bonds. The summed E-state index contributed by atoms with van der Waals surface area (Å²) in [5.74, 6) is 1.11. The Morgan fingerprint density at radius 1 is 1.24 bits per heavy atom. The molecule has 0 unspecified atom stereocenters. The average Bonchev–Trinajstić information content (AvgIpc) is 2.96. The highest BCUT2D eigenvalue weighted by atomic mass is 16.5. The van der Waals surface area contributed by atoms with E-state index in [1.54, 1.807) is 6.07 Å². The minimum absolute atomic E-state index is 0.0220. The van der Waals surface area contributed by atoms with Gasteiger partial charge in [0, 0.05) is 6.54 Å². The molecule has 1 aromatic carbocycles. The first kappa shape index (κ1) is 15.6. The molecule has 1 aliphatic carbocycles. The largest absolute Gasteiger partial charge is 0.490 e. The van der Waals surface area contributed by atoms with E-state index < -0.39 is 0 Å². The van der Waals surface area contributed by atoms with Crippen LogP contribution in [0.15, 0.2) is 24.3 Å². The smallest absolute Gasteiger partial charge is 0.258 e. The van der Waals surface area contributed by atoms with Gasteiger partial charge in [-0.15, -0.1) is 0 Å². The molecule has 1 aliphatic rings. The van der Waals surface area contributed by atoms with Crippen molar-refractivity contribution in [1.29, 1.82) is 0 Å². The topological polar surface area (TPSA) is 73.6 Å². The van der Waals surface area contributed by atoms with Crippen molar-refractivity contribution in [3.8, 4) is 11.5 Å². The van der Waals surface area contributed by atoms with Crippen LogP contribution < -0.4 is 20.5 Å². The number of nitrogens with two attached hydrogens (primary N) is 1. The Morgan fingerprint density at radius 2 is 1.86 bits per heavy atom. The molecule has 0 saturated heterocycles. The Labute approximate surface area is 125 Å². The standard InChI is InChI=1S/C16H24N2O3/c1-2-20-13-7-3-4-8-14(13)21-11-15(19)18-16(12-17)9-5-6-10-16/h3-4,7-8H,2,5-6,9-12,17H2,1H3,(H,18,19). The van der Waals surface area contributed by atoms with Gasteiger partial charge in [0.15, 0.2) is 18.1 Å². The van der Waals surface area contributed by atoms with E-state index in [0.29, 0.717) is 24.7 Å². The van der Waals surface area contributed by atoms with Gasteiger partial charge < -0.3 is 20.5 Å². The van der Waals surface area contributed by atoms with Crippen LogP contribution in [-0.4, -0.2) is 31.2 Å². The van der Waals surface area contributed by atoms with Crippen LogP contribution >= 0.6 is 0 Å². The van der Waals surface area contributed by atoms with E-state index in [9.17, 15) is 4.79 Å². The Bertz CT molecular complexity index is 470. The fraction of sp³-hybridized carbons (Fsp3) is 0.562. The number of nitrogens with one attached hydrogen (secondary N) is 1. The molecular weight excluding hydrogens is 268 g/mol. The van der Waals surface area contributed by atoms with Crippen LogP contribution in [0.4, 0.5) is 0 Å². The van der Waals surface area contributed by atoms with Gasteiger partial charge in [0.1, 0.15) is 0 Å². The van der Waals surface area contributed by atoms with Crippen LogP contribution in [0.3, 0.4) is 0 Å².